The summed E-state index contributed by atoms with van der Waals surface area (Å²) >= 11 is 0. The monoisotopic (exact) mass is 536 g/mol. The largest absolute Gasteiger partial charge is 0.497 e. The van der Waals surface area contributed by atoms with Gasteiger partial charge in [-0.2, -0.15) is 0 Å². The van der Waals surface area contributed by atoms with Crippen molar-refractivity contribution in [2.45, 2.75) is 6.92 Å². The number of nitrogens with two attached hydrogens (primary N) is 2. The van der Waals surface area contributed by atoms with Crippen molar-refractivity contribution in [2.24, 2.45) is 0 Å². The highest BCUT2D eigenvalue weighted by Crippen LogP contribution is 2.34. The van der Waals surface area contributed by atoms with E-state index in [0.29, 0.717) is 39.2 Å². The maximum Gasteiger partial charge on any atom is 0.343 e. The third-order valence-electron chi connectivity index (χ3n) is 6.18. The number of methoxy groups -OCH3 is 1. The SMILES string of the molecule is COc1ccc2c(=O)c(C)c(-c3cc(OC(=O)c4ccc(N)cc4)cc(OC(=O)c4ccc(N)cc4)c3)oc2c1. The van der Waals surface area contributed by atoms with Gasteiger partial charge in [0.2, 0.25) is 0 Å². The minimum absolute atomic E-state index is 0.0622. The molecule has 0 amide bonds. The summed E-state index contributed by atoms with van der Waals surface area (Å²) in [6, 6.07) is 21.8. The molecular formula is C31H24N2O7. The molecule has 0 saturated carbocycles. The highest BCUT2D eigenvalue weighted by molar-refractivity contribution is 5.93. The molecule has 9 heteroatoms. The summed E-state index contributed by atoms with van der Waals surface area (Å²) in [7, 11) is 1.51. The van der Waals surface area contributed by atoms with Gasteiger partial charge in [0.15, 0.2) is 5.43 Å². The number of rotatable bonds is 6. The molecule has 200 valence electrons. The Morgan fingerprint density at radius 2 is 1.23 bits per heavy atom. The molecule has 0 unspecified atom stereocenters. The Hall–Kier alpha value is -5.57. The van der Waals surface area contributed by atoms with Gasteiger partial charge in [-0.25, -0.2) is 9.59 Å². The van der Waals surface area contributed by atoms with E-state index >= 15 is 0 Å². The van der Waals surface area contributed by atoms with E-state index in [1.54, 1.807) is 49.4 Å². The van der Waals surface area contributed by atoms with E-state index in [9.17, 15) is 14.4 Å². The number of fused-ring (bicyclic) bond motifs is 1. The Labute approximate surface area is 228 Å². The number of carbonyl (C=O) groups is 2. The lowest BCUT2D eigenvalue weighted by Gasteiger charge is -2.13. The van der Waals surface area contributed by atoms with Crippen molar-refractivity contribution in [1.82, 2.24) is 0 Å². The Morgan fingerprint density at radius 3 is 1.73 bits per heavy atom. The van der Waals surface area contributed by atoms with Crippen molar-refractivity contribution >= 4 is 34.3 Å². The van der Waals surface area contributed by atoms with Crippen LogP contribution in [0.3, 0.4) is 0 Å². The number of benzene rings is 4. The highest BCUT2D eigenvalue weighted by atomic mass is 16.5. The van der Waals surface area contributed by atoms with Crippen LogP contribution < -0.4 is 31.1 Å². The van der Waals surface area contributed by atoms with Crippen LogP contribution in [-0.2, 0) is 0 Å². The normalized spacial score (nSPS) is 10.8. The minimum atomic E-state index is -0.658. The molecule has 5 aromatic rings. The molecule has 0 fully saturated rings. The second kappa shape index (κ2) is 10.7. The predicted octanol–water partition coefficient (Wildman–Crippen LogP) is 5.38. The van der Waals surface area contributed by atoms with Crippen LogP contribution in [0.5, 0.6) is 17.2 Å². The van der Waals surface area contributed by atoms with Crippen molar-refractivity contribution in [3.63, 3.8) is 0 Å². The topological polar surface area (TPSA) is 144 Å². The van der Waals surface area contributed by atoms with E-state index in [2.05, 4.69) is 0 Å². The number of esters is 2. The number of carbonyl (C=O) groups excluding carboxylic acids is 2. The fourth-order valence-electron chi connectivity index (χ4n) is 4.06. The molecule has 0 saturated heterocycles. The summed E-state index contributed by atoms with van der Waals surface area (Å²) < 4.78 is 22.6. The van der Waals surface area contributed by atoms with E-state index < -0.39 is 11.9 Å². The molecule has 0 aliphatic rings. The lowest BCUT2D eigenvalue weighted by Crippen LogP contribution is -2.11. The van der Waals surface area contributed by atoms with Crippen LogP contribution in [0.1, 0.15) is 26.3 Å². The second-order valence-electron chi connectivity index (χ2n) is 8.96. The lowest BCUT2D eigenvalue weighted by molar-refractivity contribution is 0.0733. The molecule has 0 spiro atoms. The van der Waals surface area contributed by atoms with Gasteiger partial charge >= 0.3 is 11.9 Å². The standard InChI is InChI=1S/C31H24N2O7/c1-17-28(34)26-12-11-23(37-2)16-27(26)40-29(17)20-13-24(38-30(35)18-3-7-21(32)8-4-18)15-25(14-20)39-31(36)19-5-9-22(33)10-6-19/h3-16H,32-33H2,1-2H3. The van der Waals surface area contributed by atoms with Crippen LogP contribution >= 0.6 is 0 Å². The zero-order valence-corrected chi connectivity index (χ0v) is 21.6. The fourth-order valence-corrected chi connectivity index (χ4v) is 4.06. The molecule has 0 aliphatic heterocycles. The van der Waals surface area contributed by atoms with Crippen molar-refractivity contribution < 1.29 is 28.2 Å². The smallest absolute Gasteiger partial charge is 0.343 e. The molecule has 4 aromatic carbocycles. The molecule has 0 aliphatic carbocycles. The summed E-state index contributed by atoms with van der Waals surface area (Å²) in [4.78, 5) is 38.9. The zero-order chi connectivity index (χ0) is 28.4. The summed E-state index contributed by atoms with van der Waals surface area (Å²) in [5.41, 5.74) is 13.7. The molecule has 0 atom stereocenters. The highest BCUT2D eigenvalue weighted by Gasteiger charge is 2.19. The molecule has 1 aromatic heterocycles. The van der Waals surface area contributed by atoms with Crippen LogP contribution in [0.4, 0.5) is 11.4 Å². The predicted molar refractivity (Wildman–Crippen MR) is 151 cm³/mol. The van der Waals surface area contributed by atoms with Gasteiger partial charge in [0.1, 0.15) is 28.6 Å². The fraction of sp³-hybridized carbons (Fsp3) is 0.0645. The quantitative estimate of drug-likeness (QED) is 0.166. The average molecular weight is 537 g/mol. The van der Waals surface area contributed by atoms with Gasteiger partial charge in [0.25, 0.3) is 0 Å². The Bertz CT molecular complexity index is 1730. The van der Waals surface area contributed by atoms with Gasteiger partial charge in [-0.3, -0.25) is 4.79 Å². The van der Waals surface area contributed by atoms with Gasteiger partial charge in [-0.05, 0) is 79.7 Å². The average Bonchev–Trinajstić information content (AvgIpc) is 2.95. The van der Waals surface area contributed by atoms with Gasteiger partial charge in [-0.1, -0.05) is 0 Å². The van der Waals surface area contributed by atoms with Crippen molar-refractivity contribution in [3.8, 4) is 28.6 Å². The first-order chi connectivity index (χ1) is 19.2. The van der Waals surface area contributed by atoms with E-state index in [0.717, 1.165) is 0 Å². The Kier molecular flexibility index (Phi) is 6.94. The van der Waals surface area contributed by atoms with Crippen molar-refractivity contribution in [2.75, 3.05) is 18.6 Å². The van der Waals surface area contributed by atoms with Crippen LogP contribution in [0.25, 0.3) is 22.3 Å². The maximum absolute atomic E-state index is 13.2. The third kappa shape index (κ3) is 5.34. The summed E-state index contributed by atoms with van der Waals surface area (Å²) in [6.45, 7) is 1.62. The number of ether oxygens (including phenoxy) is 3. The summed E-state index contributed by atoms with van der Waals surface area (Å²) in [5, 5.41) is 0.378. The third-order valence-corrected chi connectivity index (χ3v) is 6.18. The first-order valence-corrected chi connectivity index (χ1v) is 12.1. The van der Waals surface area contributed by atoms with E-state index in [1.165, 1.54) is 49.6 Å². The van der Waals surface area contributed by atoms with E-state index in [1.807, 2.05) is 0 Å². The maximum atomic E-state index is 13.2. The summed E-state index contributed by atoms with van der Waals surface area (Å²) in [6.07, 6.45) is 0. The first kappa shape index (κ1) is 26.1. The van der Waals surface area contributed by atoms with E-state index in [4.69, 9.17) is 30.1 Å². The van der Waals surface area contributed by atoms with E-state index in [-0.39, 0.29) is 33.8 Å². The number of hydrogen-bond donors (Lipinski definition) is 2. The summed E-state index contributed by atoms with van der Waals surface area (Å²) in [5.74, 6) is -0.473. The lowest BCUT2D eigenvalue weighted by atomic mass is 10.0. The van der Waals surface area contributed by atoms with Gasteiger partial charge in [-0.15, -0.1) is 0 Å². The van der Waals surface area contributed by atoms with Crippen molar-refractivity contribution in [1.29, 1.82) is 0 Å². The molecule has 40 heavy (non-hydrogen) atoms. The van der Waals surface area contributed by atoms with Crippen LogP contribution in [0, 0.1) is 6.92 Å². The van der Waals surface area contributed by atoms with Crippen LogP contribution in [0.2, 0.25) is 0 Å². The number of hydrogen-bond acceptors (Lipinski definition) is 9. The Balaban J connectivity index is 1.59. The molecule has 0 radical (unpaired) electrons. The zero-order valence-electron chi connectivity index (χ0n) is 21.6. The molecular weight excluding hydrogens is 512 g/mol. The van der Waals surface area contributed by atoms with Gasteiger partial charge in [0, 0.05) is 34.6 Å². The second-order valence-corrected chi connectivity index (χ2v) is 8.96. The minimum Gasteiger partial charge on any atom is -0.497 e. The first-order valence-electron chi connectivity index (χ1n) is 12.1. The van der Waals surface area contributed by atoms with Gasteiger partial charge < -0.3 is 30.1 Å². The van der Waals surface area contributed by atoms with Crippen LogP contribution in [-0.4, -0.2) is 19.0 Å². The molecule has 0 bridgehead atoms. The molecule has 1 heterocycles. The molecule has 4 N–H and O–H groups in total. The van der Waals surface area contributed by atoms with Gasteiger partial charge in [0.05, 0.1) is 23.6 Å². The number of anilines is 2. The Morgan fingerprint density at radius 1 is 0.700 bits per heavy atom. The molecule has 5 rings (SSSR count). The van der Waals surface area contributed by atoms with Crippen LogP contribution in [0.15, 0.2) is 94.1 Å². The molecule has 9 nitrogen and oxygen atoms in total. The van der Waals surface area contributed by atoms with Crippen molar-refractivity contribution in [3.05, 3.63) is 112 Å². The number of nitrogen functional groups attached to an aromatic ring is 2.